The van der Waals surface area contributed by atoms with E-state index in [1.54, 1.807) is 21.1 Å². The van der Waals surface area contributed by atoms with Gasteiger partial charge in [-0.25, -0.2) is 4.98 Å². The Kier molecular flexibility index (Phi) is 6.17. The fourth-order valence-electron chi connectivity index (χ4n) is 1.52. The number of H-pyrrole nitrogens is 1. The van der Waals surface area contributed by atoms with Gasteiger partial charge in [-0.15, -0.1) is 0 Å². The molecule has 1 heterocycles. The molecule has 0 spiro atoms. The third kappa shape index (κ3) is 4.46. The molecule has 7 heteroatoms. The van der Waals surface area contributed by atoms with Crippen molar-refractivity contribution in [2.75, 3.05) is 40.5 Å². The van der Waals surface area contributed by atoms with Crippen molar-refractivity contribution in [1.29, 1.82) is 0 Å². The summed E-state index contributed by atoms with van der Waals surface area (Å²) < 4.78 is 9.90. The zero-order valence-corrected chi connectivity index (χ0v) is 11.4. The average molecular weight is 269 g/mol. The van der Waals surface area contributed by atoms with Gasteiger partial charge in [-0.05, 0) is 6.92 Å². The van der Waals surface area contributed by atoms with E-state index in [9.17, 15) is 9.59 Å². The van der Waals surface area contributed by atoms with Crippen molar-refractivity contribution >= 4 is 5.91 Å². The van der Waals surface area contributed by atoms with Gasteiger partial charge in [0.2, 0.25) is 0 Å². The topological polar surface area (TPSA) is 84.5 Å². The van der Waals surface area contributed by atoms with Gasteiger partial charge in [0.25, 0.3) is 11.5 Å². The normalized spacial score (nSPS) is 10.5. The minimum atomic E-state index is -0.433. The molecule has 0 aliphatic rings. The minimum absolute atomic E-state index is 0.0257. The number of hydrogen-bond acceptors (Lipinski definition) is 5. The number of rotatable bonds is 7. The predicted octanol–water partition coefficient (Wildman–Crippen LogP) is -0.187. The lowest BCUT2D eigenvalue weighted by molar-refractivity contribution is 0.0625. The van der Waals surface area contributed by atoms with E-state index >= 15 is 0 Å². The van der Waals surface area contributed by atoms with Crippen LogP contribution >= 0.6 is 0 Å². The molecule has 0 aromatic carbocycles. The zero-order chi connectivity index (χ0) is 14.3. The fourth-order valence-corrected chi connectivity index (χ4v) is 1.52. The minimum Gasteiger partial charge on any atom is -0.383 e. The van der Waals surface area contributed by atoms with Crippen LogP contribution in [0.25, 0.3) is 0 Å². The Balaban J connectivity index is 2.87. The highest BCUT2D eigenvalue weighted by Crippen LogP contribution is 1.99. The van der Waals surface area contributed by atoms with Gasteiger partial charge in [0, 0.05) is 33.5 Å². The third-order valence-corrected chi connectivity index (χ3v) is 2.57. The number of carbonyl (C=O) groups is 1. The van der Waals surface area contributed by atoms with Gasteiger partial charge in [0.1, 0.15) is 11.4 Å². The maximum atomic E-state index is 12.2. The molecular formula is C12H19N3O4. The lowest BCUT2D eigenvalue weighted by Gasteiger charge is -2.21. The number of aryl methyl sites for hydroxylation is 1. The molecule has 0 saturated heterocycles. The maximum absolute atomic E-state index is 12.2. The summed E-state index contributed by atoms with van der Waals surface area (Å²) in [6.07, 6.45) is 1.29. The Bertz CT molecular complexity index is 464. The van der Waals surface area contributed by atoms with E-state index in [1.165, 1.54) is 11.1 Å². The molecule has 0 aliphatic heterocycles. The molecule has 0 atom stereocenters. The van der Waals surface area contributed by atoms with E-state index in [0.717, 1.165) is 0 Å². The second kappa shape index (κ2) is 7.65. The van der Waals surface area contributed by atoms with Gasteiger partial charge >= 0.3 is 0 Å². The molecular weight excluding hydrogens is 250 g/mol. The molecule has 1 aromatic heterocycles. The third-order valence-electron chi connectivity index (χ3n) is 2.57. The Morgan fingerprint density at radius 3 is 2.37 bits per heavy atom. The highest BCUT2D eigenvalue weighted by Gasteiger charge is 2.18. The average Bonchev–Trinajstić information content (AvgIpc) is 2.38. The molecule has 0 fully saturated rings. The molecule has 0 bridgehead atoms. The largest absolute Gasteiger partial charge is 0.383 e. The molecule has 0 aliphatic carbocycles. The summed E-state index contributed by atoms with van der Waals surface area (Å²) in [7, 11) is 3.11. The lowest BCUT2D eigenvalue weighted by Crippen LogP contribution is -2.39. The van der Waals surface area contributed by atoms with Crippen LogP contribution in [0.4, 0.5) is 0 Å². The van der Waals surface area contributed by atoms with E-state index in [0.29, 0.717) is 32.1 Å². The number of aromatic amines is 1. The van der Waals surface area contributed by atoms with Crippen LogP contribution in [0, 0.1) is 6.92 Å². The Hall–Kier alpha value is -1.73. The monoisotopic (exact) mass is 269 g/mol. The second-order valence-electron chi connectivity index (χ2n) is 3.99. The smallest absolute Gasteiger partial charge is 0.263 e. The molecule has 1 amide bonds. The van der Waals surface area contributed by atoms with Crippen LogP contribution in [0.5, 0.6) is 0 Å². The van der Waals surface area contributed by atoms with Crippen LogP contribution < -0.4 is 5.56 Å². The van der Waals surface area contributed by atoms with Crippen molar-refractivity contribution in [3.05, 3.63) is 27.9 Å². The molecule has 0 saturated carbocycles. The highest BCUT2D eigenvalue weighted by atomic mass is 16.5. The number of amides is 1. The summed E-state index contributed by atoms with van der Waals surface area (Å²) in [5.74, 6) is 0.102. The van der Waals surface area contributed by atoms with Crippen molar-refractivity contribution in [3.8, 4) is 0 Å². The number of ether oxygens (including phenoxy) is 2. The van der Waals surface area contributed by atoms with Crippen molar-refractivity contribution in [2.45, 2.75) is 6.92 Å². The van der Waals surface area contributed by atoms with Crippen LogP contribution in [-0.4, -0.2) is 61.3 Å². The van der Waals surface area contributed by atoms with Gasteiger partial charge in [-0.1, -0.05) is 0 Å². The van der Waals surface area contributed by atoms with E-state index in [-0.39, 0.29) is 11.5 Å². The zero-order valence-electron chi connectivity index (χ0n) is 11.4. The Morgan fingerprint density at radius 2 is 1.89 bits per heavy atom. The second-order valence-corrected chi connectivity index (χ2v) is 3.99. The molecule has 7 nitrogen and oxygen atoms in total. The first-order valence-electron chi connectivity index (χ1n) is 5.93. The van der Waals surface area contributed by atoms with Crippen LogP contribution in [0.2, 0.25) is 0 Å². The summed E-state index contributed by atoms with van der Waals surface area (Å²) in [6.45, 7) is 3.24. The summed E-state index contributed by atoms with van der Waals surface area (Å²) in [6, 6.07) is 0. The van der Waals surface area contributed by atoms with Crippen LogP contribution in [-0.2, 0) is 9.47 Å². The quantitative estimate of drug-likeness (QED) is 0.742. The first kappa shape index (κ1) is 15.3. The number of methoxy groups -OCH3 is 2. The van der Waals surface area contributed by atoms with Crippen molar-refractivity contribution < 1.29 is 14.3 Å². The number of nitrogens with zero attached hydrogens (tertiary/aromatic N) is 2. The molecule has 1 N–H and O–H groups in total. The van der Waals surface area contributed by atoms with Crippen molar-refractivity contribution in [3.63, 3.8) is 0 Å². The fraction of sp³-hybridized carbons (Fsp3) is 0.583. The molecule has 19 heavy (non-hydrogen) atoms. The standard InChI is InChI=1S/C12H19N3O4/c1-9-13-8-10(11(16)14-9)12(17)15(4-6-18-2)5-7-19-3/h8H,4-7H2,1-3H3,(H,13,14,16). The van der Waals surface area contributed by atoms with E-state index in [1.807, 2.05) is 0 Å². The van der Waals surface area contributed by atoms with E-state index in [4.69, 9.17) is 9.47 Å². The highest BCUT2D eigenvalue weighted by molar-refractivity contribution is 5.93. The SMILES string of the molecule is COCCN(CCOC)C(=O)c1cnc(C)[nH]c1=O. The van der Waals surface area contributed by atoms with Crippen molar-refractivity contribution in [2.24, 2.45) is 0 Å². The Labute approximate surface area is 111 Å². The lowest BCUT2D eigenvalue weighted by atomic mass is 10.2. The molecule has 106 valence electrons. The maximum Gasteiger partial charge on any atom is 0.263 e. The number of aromatic nitrogens is 2. The van der Waals surface area contributed by atoms with Gasteiger partial charge in [-0.2, -0.15) is 0 Å². The summed E-state index contributed by atoms with van der Waals surface area (Å²) in [4.78, 5) is 31.9. The van der Waals surface area contributed by atoms with Crippen LogP contribution in [0.3, 0.4) is 0 Å². The molecule has 0 unspecified atom stereocenters. The summed E-state index contributed by atoms with van der Waals surface area (Å²) >= 11 is 0. The molecule has 1 rings (SSSR count). The Morgan fingerprint density at radius 1 is 1.32 bits per heavy atom. The van der Waals surface area contributed by atoms with Gasteiger partial charge in [-0.3, -0.25) is 9.59 Å². The number of hydrogen-bond donors (Lipinski definition) is 1. The first-order chi connectivity index (χ1) is 9.10. The number of nitrogens with one attached hydrogen (secondary N) is 1. The summed E-state index contributed by atoms with van der Waals surface area (Å²) in [5, 5.41) is 0. The van der Waals surface area contributed by atoms with Gasteiger partial charge < -0.3 is 19.4 Å². The number of carbonyl (C=O) groups excluding carboxylic acids is 1. The van der Waals surface area contributed by atoms with Gasteiger partial charge in [0.15, 0.2) is 0 Å². The predicted molar refractivity (Wildman–Crippen MR) is 69.3 cm³/mol. The van der Waals surface area contributed by atoms with Crippen LogP contribution in [0.15, 0.2) is 11.0 Å². The van der Waals surface area contributed by atoms with E-state index in [2.05, 4.69) is 9.97 Å². The molecule has 0 radical (unpaired) electrons. The summed E-state index contributed by atoms with van der Waals surface area (Å²) in [5.41, 5.74) is -0.407. The first-order valence-corrected chi connectivity index (χ1v) is 5.93. The molecule has 1 aromatic rings. The van der Waals surface area contributed by atoms with Crippen molar-refractivity contribution in [1.82, 2.24) is 14.9 Å². The van der Waals surface area contributed by atoms with E-state index < -0.39 is 5.56 Å². The van der Waals surface area contributed by atoms with Crippen LogP contribution in [0.1, 0.15) is 16.2 Å². The van der Waals surface area contributed by atoms with Gasteiger partial charge in [0.05, 0.1) is 13.2 Å².